The molecule has 0 spiro atoms. The molecule has 1 unspecified atom stereocenters. The quantitative estimate of drug-likeness (QED) is 0.212. The second-order valence-electron chi connectivity index (χ2n) is 6.43. The largest absolute Gasteiger partial charge is 0.395 e. The lowest BCUT2D eigenvalue weighted by Gasteiger charge is -2.45. The predicted octanol–water partition coefficient (Wildman–Crippen LogP) is -1.59. The number of sulfone groups is 1. The van der Waals surface area contributed by atoms with Crippen LogP contribution < -0.4 is 16.1 Å². The molecule has 0 bridgehead atoms. The lowest BCUT2D eigenvalue weighted by Crippen LogP contribution is -2.76. The lowest BCUT2D eigenvalue weighted by atomic mass is 9.91. The highest BCUT2D eigenvalue weighted by molar-refractivity contribution is 7.92. The Hall–Kier alpha value is -2.89. The number of hydrogen-bond donors (Lipinski definition) is 5. The minimum Gasteiger partial charge on any atom is -0.395 e. The van der Waals surface area contributed by atoms with E-state index in [1.54, 1.807) is 12.1 Å². The molecule has 5 N–H and O–H groups in total. The fourth-order valence-electron chi connectivity index (χ4n) is 2.74. The van der Waals surface area contributed by atoms with E-state index in [1.807, 2.05) is 0 Å². The topological polar surface area (TPSA) is 145 Å². The van der Waals surface area contributed by atoms with Crippen molar-refractivity contribution in [3.05, 3.63) is 35.4 Å². The monoisotopic (exact) mass is 419 g/mol. The summed E-state index contributed by atoms with van der Waals surface area (Å²) in [5, 5.41) is 22.8. The van der Waals surface area contributed by atoms with Gasteiger partial charge in [-0.05, 0) is 36.1 Å². The molecule has 0 aromatic heterocycles. The molecular formula is C19H21N3O6S. The Morgan fingerprint density at radius 1 is 1.24 bits per heavy atom. The number of carbonyl (C=O) groups is 2. The van der Waals surface area contributed by atoms with Crippen LogP contribution in [0.2, 0.25) is 0 Å². The first-order valence-corrected chi connectivity index (χ1v) is 10.5. The molecule has 2 amide bonds. The van der Waals surface area contributed by atoms with Gasteiger partial charge in [0.25, 0.3) is 11.8 Å². The lowest BCUT2D eigenvalue weighted by molar-refractivity contribution is -0.132. The fraction of sp³-hybridized carbons (Fsp3) is 0.368. The van der Waals surface area contributed by atoms with Gasteiger partial charge in [-0.15, -0.1) is 0 Å². The minimum absolute atomic E-state index is 0.0317. The Bertz CT molecular complexity index is 992. The van der Waals surface area contributed by atoms with E-state index in [0.29, 0.717) is 12.0 Å². The maximum absolute atomic E-state index is 12.6. The highest BCUT2D eigenvalue weighted by Crippen LogP contribution is 2.27. The summed E-state index contributed by atoms with van der Waals surface area (Å²) in [4.78, 5) is 24.7. The normalized spacial score (nSPS) is 15.4. The third-order valence-electron chi connectivity index (χ3n) is 4.50. The second kappa shape index (κ2) is 9.54. The summed E-state index contributed by atoms with van der Waals surface area (Å²) in [5.41, 5.74) is 2.21. The molecular weight excluding hydrogens is 398 g/mol. The summed E-state index contributed by atoms with van der Waals surface area (Å²) in [6.45, 7) is -0.101. The molecule has 1 aliphatic rings. The number of benzene rings is 1. The zero-order chi connectivity index (χ0) is 21.5. The van der Waals surface area contributed by atoms with Crippen LogP contribution in [0, 0.1) is 23.7 Å². The van der Waals surface area contributed by atoms with Crippen LogP contribution in [0.15, 0.2) is 24.3 Å². The summed E-state index contributed by atoms with van der Waals surface area (Å²) in [7, 11) is -3.73. The Labute approximate surface area is 168 Å². The van der Waals surface area contributed by atoms with Gasteiger partial charge >= 0.3 is 0 Å². The van der Waals surface area contributed by atoms with Crippen molar-refractivity contribution in [2.24, 2.45) is 0 Å². The standard InChI is InChI=1S/C19H21N3O6S/c1-29(27,28)19(12-20-13-19)16(18(25)22-26)21-17(24)15-9-7-14(8-10-15)6-4-2-3-5-11-23/h7-10,16,20,23,26H,5,11-13H2,1H3,(H,21,24)(H,22,25). The molecule has 29 heavy (non-hydrogen) atoms. The highest BCUT2D eigenvalue weighted by atomic mass is 32.2. The van der Waals surface area contributed by atoms with Crippen molar-refractivity contribution in [3.8, 4) is 23.7 Å². The smallest absolute Gasteiger partial charge is 0.267 e. The molecule has 1 saturated heterocycles. The van der Waals surface area contributed by atoms with E-state index in [9.17, 15) is 18.0 Å². The summed E-state index contributed by atoms with van der Waals surface area (Å²) in [6.07, 6.45) is 1.31. The first kappa shape index (κ1) is 22.4. The fourth-order valence-corrected chi connectivity index (χ4v) is 4.06. The van der Waals surface area contributed by atoms with Gasteiger partial charge in [-0.1, -0.05) is 11.8 Å². The molecule has 1 heterocycles. The summed E-state index contributed by atoms with van der Waals surface area (Å²) in [6, 6.07) is 4.63. The Morgan fingerprint density at radius 3 is 2.38 bits per heavy atom. The number of amides is 2. The van der Waals surface area contributed by atoms with E-state index in [4.69, 9.17) is 10.3 Å². The second-order valence-corrected chi connectivity index (χ2v) is 8.78. The summed E-state index contributed by atoms with van der Waals surface area (Å²) < 4.78 is 22.9. The zero-order valence-corrected chi connectivity index (χ0v) is 16.5. The van der Waals surface area contributed by atoms with Crippen LogP contribution in [0.3, 0.4) is 0 Å². The van der Waals surface area contributed by atoms with Crippen LogP contribution in [-0.2, 0) is 14.6 Å². The molecule has 10 heteroatoms. The molecule has 0 radical (unpaired) electrons. The number of hydrogen-bond acceptors (Lipinski definition) is 7. The van der Waals surface area contributed by atoms with Gasteiger partial charge in [0.2, 0.25) is 0 Å². The summed E-state index contributed by atoms with van der Waals surface area (Å²) in [5.74, 6) is 8.94. The van der Waals surface area contributed by atoms with Crippen LogP contribution in [0.1, 0.15) is 22.3 Å². The van der Waals surface area contributed by atoms with E-state index in [-0.39, 0.29) is 25.3 Å². The third-order valence-corrected chi connectivity index (χ3v) is 6.50. The van der Waals surface area contributed by atoms with Crippen molar-refractivity contribution in [3.63, 3.8) is 0 Å². The van der Waals surface area contributed by atoms with E-state index >= 15 is 0 Å². The molecule has 1 aromatic rings. The minimum atomic E-state index is -3.73. The van der Waals surface area contributed by atoms with Gasteiger partial charge in [-0.3, -0.25) is 14.8 Å². The molecule has 1 fully saturated rings. The average molecular weight is 419 g/mol. The van der Waals surface area contributed by atoms with E-state index in [1.165, 1.54) is 17.6 Å². The molecule has 9 nitrogen and oxygen atoms in total. The highest BCUT2D eigenvalue weighted by Gasteiger charge is 2.56. The van der Waals surface area contributed by atoms with Crippen molar-refractivity contribution in [2.45, 2.75) is 17.2 Å². The van der Waals surface area contributed by atoms with Gasteiger partial charge in [-0.25, -0.2) is 13.9 Å². The predicted molar refractivity (Wildman–Crippen MR) is 104 cm³/mol. The summed E-state index contributed by atoms with van der Waals surface area (Å²) >= 11 is 0. The van der Waals surface area contributed by atoms with Crippen molar-refractivity contribution in [1.82, 2.24) is 16.1 Å². The van der Waals surface area contributed by atoms with Gasteiger partial charge in [0.05, 0.1) is 6.61 Å². The van der Waals surface area contributed by atoms with Gasteiger partial charge in [-0.2, -0.15) is 0 Å². The van der Waals surface area contributed by atoms with Crippen LogP contribution in [0.25, 0.3) is 0 Å². The molecule has 1 aromatic carbocycles. The first-order valence-electron chi connectivity index (χ1n) is 8.60. The van der Waals surface area contributed by atoms with E-state index < -0.39 is 32.4 Å². The molecule has 0 aliphatic carbocycles. The Morgan fingerprint density at radius 2 is 1.90 bits per heavy atom. The molecule has 2 rings (SSSR count). The number of nitrogens with one attached hydrogen (secondary N) is 3. The van der Waals surface area contributed by atoms with Gasteiger partial charge in [0.15, 0.2) is 9.84 Å². The third kappa shape index (κ3) is 5.13. The molecule has 0 saturated carbocycles. The van der Waals surface area contributed by atoms with Crippen LogP contribution in [0.5, 0.6) is 0 Å². The van der Waals surface area contributed by atoms with Gasteiger partial charge in [0, 0.05) is 36.9 Å². The first-order chi connectivity index (χ1) is 13.7. The van der Waals surface area contributed by atoms with Crippen molar-refractivity contribution in [2.75, 3.05) is 26.0 Å². The van der Waals surface area contributed by atoms with E-state index in [2.05, 4.69) is 34.3 Å². The number of aliphatic hydroxyl groups is 1. The van der Waals surface area contributed by atoms with E-state index in [0.717, 1.165) is 6.26 Å². The van der Waals surface area contributed by atoms with Crippen molar-refractivity contribution >= 4 is 21.7 Å². The maximum Gasteiger partial charge on any atom is 0.267 e. The van der Waals surface area contributed by atoms with Crippen molar-refractivity contribution < 1.29 is 28.3 Å². The van der Waals surface area contributed by atoms with Gasteiger partial charge in [0.1, 0.15) is 10.8 Å². The number of aliphatic hydroxyl groups excluding tert-OH is 1. The Balaban J connectivity index is 2.18. The van der Waals surface area contributed by atoms with Gasteiger partial charge < -0.3 is 15.7 Å². The Kier molecular flexibility index (Phi) is 7.37. The van der Waals surface area contributed by atoms with Crippen LogP contribution in [-0.4, -0.2) is 67.3 Å². The van der Waals surface area contributed by atoms with Crippen molar-refractivity contribution in [1.29, 1.82) is 0 Å². The molecule has 1 aliphatic heterocycles. The number of hydroxylamine groups is 1. The number of rotatable bonds is 6. The van der Waals surface area contributed by atoms with Crippen LogP contribution in [0.4, 0.5) is 0 Å². The maximum atomic E-state index is 12.6. The SMILES string of the molecule is CS(=O)(=O)C1(C(NC(=O)c2ccc(C#CC#CCCO)cc2)C(=O)NO)CNC1. The molecule has 1 atom stereocenters. The molecule has 154 valence electrons. The number of carbonyl (C=O) groups excluding carboxylic acids is 2. The zero-order valence-electron chi connectivity index (χ0n) is 15.7. The van der Waals surface area contributed by atoms with Crippen LogP contribution >= 0.6 is 0 Å². The average Bonchev–Trinajstić information content (AvgIpc) is 2.64.